The average molecular weight is 409 g/mol. The number of benzene rings is 4. The van der Waals surface area contributed by atoms with E-state index in [1.807, 2.05) is 103 Å². The Hall–Kier alpha value is -4.48. The molecule has 32 heavy (non-hydrogen) atoms. The maximum absolute atomic E-state index is 14.0. The van der Waals surface area contributed by atoms with Crippen LogP contribution in [0.4, 0.5) is 0 Å². The van der Waals surface area contributed by atoms with Gasteiger partial charge in [0.15, 0.2) is 5.78 Å². The standard InChI is InChI=1S/C30H19NO/c31-20-21-16-18-25(19-17-21)27-26(22-10-4-1-5-11-22)28(23-12-6-2-7-13-23)30(32)29(27)24-14-8-3-9-15-24/h1-19H. The molecule has 5 rings (SSSR count). The summed E-state index contributed by atoms with van der Waals surface area (Å²) in [5.41, 5.74) is 7.49. The SMILES string of the molecule is N#Cc1ccc(C2=C(c3ccccc3)C(=O)C(c3ccccc3)=C2c2ccccc2)cc1. The maximum atomic E-state index is 14.0. The summed E-state index contributed by atoms with van der Waals surface area (Å²) in [7, 11) is 0. The molecule has 0 saturated carbocycles. The molecule has 150 valence electrons. The highest BCUT2D eigenvalue weighted by Gasteiger charge is 2.35. The number of carbonyl (C=O) groups excluding carboxylic acids is 1. The molecule has 0 aliphatic heterocycles. The van der Waals surface area contributed by atoms with E-state index < -0.39 is 0 Å². The molecule has 0 aromatic heterocycles. The number of carbonyl (C=O) groups is 1. The van der Waals surface area contributed by atoms with Crippen LogP contribution in [0.25, 0.3) is 22.3 Å². The van der Waals surface area contributed by atoms with Crippen LogP contribution < -0.4 is 0 Å². The van der Waals surface area contributed by atoms with Crippen molar-refractivity contribution >= 4 is 28.1 Å². The highest BCUT2D eigenvalue weighted by atomic mass is 16.1. The summed E-state index contributed by atoms with van der Waals surface area (Å²) in [6.07, 6.45) is 0. The third-order valence-corrected chi connectivity index (χ3v) is 5.69. The summed E-state index contributed by atoms with van der Waals surface area (Å²) in [4.78, 5) is 14.0. The normalized spacial score (nSPS) is 13.4. The van der Waals surface area contributed by atoms with Crippen molar-refractivity contribution in [2.45, 2.75) is 0 Å². The number of rotatable bonds is 4. The number of hydrogen-bond donors (Lipinski definition) is 0. The second kappa shape index (κ2) is 8.34. The van der Waals surface area contributed by atoms with E-state index in [-0.39, 0.29) is 5.78 Å². The molecule has 0 spiro atoms. The predicted octanol–water partition coefficient (Wildman–Crippen LogP) is 6.66. The van der Waals surface area contributed by atoms with Crippen LogP contribution in [0.1, 0.15) is 27.8 Å². The van der Waals surface area contributed by atoms with E-state index in [9.17, 15) is 10.1 Å². The number of nitriles is 1. The number of Topliss-reactive ketones (excluding diaryl/α,β-unsaturated/α-hetero) is 1. The molecular weight excluding hydrogens is 390 g/mol. The van der Waals surface area contributed by atoms with Gasteiger partial charge in [-0.05, 0) is 34.4 Å². The van der Waals surface area contributed by atoms with E-state index in [1.165, 1.54) is 0 Å². The fourth-order valence-electron chi connectivity index (χ4n) is 4.26. The summed E-state index contributed by atoms with van der Waals surface area (Å²) in [5.74, 6) is 0.0145. The zero-order chi connectivity index (χ0) is 21.9. The first-order valence-electron chi connectivity index (χ1n) is 10.5. The topological polar surface area (TPSA) is 40.9 Å². The van der Waals surface area contributed by atoms with Crippen molar-refractivity contribution in [3.63, 3.8) is 0 Å². The molecule has 2 heteroatoms. The molecule has 0 heterocycles. The summed E-state index contributed by atoms with van der Waals surface area (Å²) >= 11 is 0. The Morgan fingerprint density at radius 3 is 1.16 bits per heavy atom. The lowest BCUT2D eigenvalue weighted by Gasteiger charge is -2.13. The van der Waals surface area contributed by atoms with Gasteiger partial charge in [-0.3, -0.25) is 4.79 Å². The van der Waals surface area contributed by atoms with Crippen LogP contribution in [0.15, 0.2) is 115 Å². The summed E-state index contributed by atoms with van der Waals surface area (Å²) < 4.78 is 0. The van der Waals surface area contributed by atoms with Gasteiger partial charge in [0, 0.05) is 22.3 Å². The third kappa shape index (κ3) is 3.37. The van der Waals surface area contributed by atoms with Gasteiger partial charge in [0.2, 0.25) is 0 Å². The molecule has 0 unspecified atom stereocenters. The van der Waals surface area contributed by atoms with Gasteiger partial charge in [-0.2, -0.15) is 5.26 Å². The summed E-state index contributed by atoms with van der Waals surface area (Å²) in [5, 5.41) is 9.26. The van der Waals surface area contributed by atoms with Gasteiger partial charge < -0.3 is 0 Å². The van der Waals surface area contributed by atoms with Crippen LogP contribution in [0, 0.1) is 11.3 Å². The first-order valence-corrected chi connectivity index (χ1v) is 10.5. The molecule has 0 radical (unpaired) electrons. The van der Waals surface area contributed by atoms with Gasteiger partial charge in [-0.1, -0.05) is 103 Å². The monoisotopic (exact) mass is 409 g/mol. The van der Waals surface area contributed by atoms with Gasteiger partial charge in [0.05, 0.1) is 11.6 Å². The van der Waals surface area contributed by atoms with Crippen molar-refractivity contribution in [2.24, 2.45) is 0 Å². The molecule has 4 aromatic rings. The molecule has 4 aromatic carbocycles. The molecule has 0 atom stereocenters. The van der Waals surface area contributed by atoms with E-state index in [0.29, 0.717) is 16.7 Å². The van der Waals surface area contributed by atoms with Gasteiger partial charge in [-0.15, -0.1) is 0 Å². The third-order valence-electron chi connectivity index (χ3n) is 5.69. The molecular formula is C30H19NO. The van der Waals surface area contributed by atoms with E-state index in [0.717, 1.165) is 33.4 Å². The largest absolute Gasteiger partial charge is 0.289 e. The number of allylic oxidation sites excluding steroid dienone is 4. The molecule has 0 N–H and O–H groups in total. The molecule has 2 nitrogen and oxygen atoms in total. The number of hydrogen-bond acceptors (Lipinski definition) is 2. The van der Waals surface area contributed by atoms with Gasteiger partial charge >= 0.3 is 0 Å². The molecule has 0 saturated heterocycles. The van der Waals surface area contributed by atoms with Crippen molar-refractivity contribution in [1.29, 1.82) is 5.26 Å². The average Bonchev–Trinajstić information content (AvgIpc) is 3.18. The zero-order valence-corrected chi connectivity index (χ0v) is 17.3. The highest BCUT2D eigenvalue weighted by molar-refractivity contribution is 6.59. The minimum absolute atomic E-state index is 0.0145. The lowest BCUT2D eigenvalue weighted by Crippen LogP contribution is -2.01. The van der Waals surface area contributed by atoms with Crippen molar-refractivity contribution < 1.29 is 4.79 Å². The Morgan fingerprint density at radius 2 is 0.781 bits per heavy atom. The quantitative estimate of drug-likeness (QED) is 0.378. The lowest BCUT2D eigenvalue weighted by molar-refractivity contribution is -0.108. The molecule has 1 aliphatic carbocycles. The number of ketones is 1. The second-order valence-corrected chi connectivity index (χ2v) is 7.62. The van der Waals surface area contributed by atoms with E-state index in [1.54, 1.807) is 12.1 Å². The van der Waals surface area contributed by atoms with Crippen LogP contribution >= 0.6 is 0 Å². The van der Waals surface area contributed by atoms with Gasteiger partial charge in [-0.25, -0.2) is 0 Å². The highest BCUT2D eigenvalue weighted by Crippen LogP contribution is 2.49. The minimum atomic E-state index is 0.0145. The predicted molar refractivity (Wildman–Crippen MR) is 129 cm³/mol. The Morgan fingerprint density at radius 1 is 0.438 bits per heavy atom. The fourth-order valence-corrected chi connectivity index (χ4v) is 4.26. The van der Waals surface area contributed by atoms with E-state index in [2.05, 4.69) is 6.07 Å². The van der Waals surface area contributed by atoms with Crippen molar-refractivity contribution in [3.8, 4) is 6.07 Å². The van der Waals surface area contributed by atoms with Crippen molar-refractivity contribution in [3.05, 3.63) is 143 Å². The van der Waals surface area contributed by atoms with Crippen LogP contribution in [0.5, 0.6) is 0 Å². The Kier molecular flexibility index (Phi) is 5.07. The van der Waals surface area contributed by atoms with Crippen molar-refractivity contribution in [2.75, 3.05) is 0 Å². The smallest absolute Gasteiger partial charge is 0.195 e. The first-order chi connectivity index (χ1) is 15.8. The second-order valence-electron chi connectivity index (χ2n) is 7.62. The first kappa shape index (κ1) is 19.5. The van der Waals surface area contributed by atoms with Crippen LogP contribution in [-0.4, -0.2) is 5.78 Å². The maximum Gasteiger partial charge on any atom is 0.195 e. The van der Waals surface area contributed by atoms with E-state index >= 15 is 0 Å². The fraction of sp³-hybridized carbons (Fsp3) is 0. The Balaban J connectivity index is 1.86. The van der Waals surface area contributed by atoms with Gasteiger partial charge in [0.1, 0.15) is 0 Å². The van der Waals surface area contributed by atoms with Crippen molar-refractivity contribution in [1.82, 2.24) is 0 Å². The number of nitrogens with zero attached hydrogens (tertiary/aromatic N) is 1. The molecule has 0 bridgehead atoms. The van der Waals surface area contributed by atoms with Crippen LogP contribution in [0.2, 0.25) is 0 Å². The minimum Gasteiger partial charge on any atom is -0.289 e. The van der Waals surface area contributed by atoms with Crippen LogP contribution in [-0.2, 0) is 4.79 Å². The summed E-state index contributed by atoms with van der Waals surface area (Å²) in [6.45, 7) is 0. The van der Waals surface area contributed by atoms with Crippen LogP contribution in [0.3, 0.4) is 0 Å². The zero-order valence-electron chi connectivity index (χ0n) is 17.3. The Labute approximate surface area is 187 Å². The molecule has 1 aliphatic rings. The lowest BCUT2D eigenvalue weighted by atomic mass is 9.89. The molecule has 0 fully saturated rings. The molecule has 0 amide bonds. The summed E-state index contributed by atoms with van der Waals surface area (Å²) in [6, 6.07) is 39.4. The van der Waals surface area contributed by atoms with Gasteiger partial charge in [0.25, 0.3) is 0 Å². The Bertz CT molecular complexity index is 1390. The van der Waals surface area contributed by atoms with E-state index in [4.69, 9.17) is 0 Å².